The molecule has 0 atom stereocenters. The van der Waals surface area contributed by atoms with Gasteiger partial charge in [0.25, 0.3) is 0 Å². The third-order valence-corrected chi connectivity index (χ3v) is 5.88. The Morgan fingerprint density at radius 1 is 0.690 bits per heavy atom. The fraction of sp³-hybridized carbons (Fsp3) is 0.107. The van der Waals surface area contributed by atoms with Crippen LogP contribution in [-0.2, 0) is 7.05 Å². The van der Waals surface area contributed by atoms with Crippen molar-refractivity contribution in [2.75, 3.05) is 0 Å². The second kappa shape index (κ2) is 6.86. The molecule has 1 heterocycles. The number of fused-ring (bicyclic) bond motifs is 2. The van der Waals surface area contributed by atoms with E-state index in [-0.39, 0.29) is 0 Å². The monoisotopic (exact) mass is 375 g/mol. The van der Waals surface area contributed by atoms with Gasteiger partial charge in [0.1, 0.15) is 7.05 Å². The van der Waals surface area contributed by atoms with E-state index in [0.717, 1.165) is 22.0 Å². The SMILES string of the molecule is [2H]c1c(C)[n+](C)c(-c2cc3ccccc3cc2C)c2ccc(-c3ccccc3)cc12. The Kier molecular flexibility index (Phi) is 3.90. The number of hydrogen-bond donors (Lipinski definition) is 0. The van der Waals surface area contributed by atoms with Crippen LogP contribution < -0.4 is 4.57 Å². The maximum absolute atomic E-state index is 8.81. The van der Waals surface area contributed by atoms with Crippen LogP contribution in [0.5, 0.6) is 0 Å². The molecule has 0 unspecified atom stereocenters. The first kappa shape index (κ1) is 16.5. The molecule has 0 saturated carbocycles. The summed E-state index contributed by atoms with van der Waals surface area (Å²) in [7, 11) is 2.07. The fourth-order valence-electron chi connectivity index (χ4n) is 4.23. The number of pyridine rings is 1. The van der Waals surface area contributed by atoms with Crippen molar-refractivity contribution >= 4 is 21.5 Å². The van der Waals surface area contributed by atoms with Gasteiger partial charge >= 0.3 is 0 Å². The molecule has 0 bridgehead atoms. The van der Waals surface area contributed by atoms with Gasteiger partial charge in [-0.1, -0.05) is 66.7 Å². The lowest BCUT2D eigenvalue weighted by atomic mass is 9.94. The lowest BCUT2D eigenvalue weighted by molar-refractivity contribution is -0.665. The van der Waals surface area contributed by atoms with Crippen LogP contribution in [0.15, 0.2) is 91.0 Å². The maximum Gasteiger partial charge on any atom is 0.220 e. The van der Waals surface area contributed by atoms with E-state index in [2.05, 4.69) is 97.4 Å². The van der Waals surface area contributed by atoms with E-state index in [1.165, 1.54) is 33.2 Å². The van der Waals surface area contributed by atoms with Crippen LogP contribution in [0, 0.1) is 13.8 Å². The lowest BCUT2D eigenvalue weighted by Crippen LogP contribution is -2.35. The first-order valence-corrected chi connectivity index (χ1v) is 10.0. The van der Waals surface area contributed by atoms with E-state index in [1.807, 2.05) is 13.0 Å². The molecule has 5 rings (SSSR count). The zero-order chi connectivity index (χ0) is 20.8. The molecular formula is C28H24N+. The van der Waals surface area contributed by atoms with Crippen molar-refractivity contribution in [1.82, 2.24) is 0 Å². The molecule has 0 aliphatic heterocycles. The van der Waals surface area contributed by atoms with Gasteiger partial charge in [0.2, 0.25) is 5.69 Å². The Morgan fingerprint density at radius 3 is 2.14 bits per heavy atom. The molecule has 0 N–H and O–H groups in total. The van der Waals surface area contributed by atoms with Crippen LogP contribution >= 0.6 is 0 Å². The number of nitrogens with zero attached hydrogens (tertiary/aromatic N) is 1. The predicted octanol–water partition coefficient (Wildman–Crippen LogP) is 6.77. The van der Waals surface area contributed by atoms with Gasteiger partial charge < -0.3 is 0 Å². The summed E-state index contributed by atoms with van der Waals surface area (Å²) in [6, 6.07) is 30.5. The summed E-state index contributed by atoms with van der Waals surface area (Å²) >= 11 is 0. The molecule has 0 fully saturated rings. The summed E-state index contributed by atoms with van der Waals surface area (Å²) in [6.45, 7) is 4.22. The van der Waals surface area contributed by atoms with Crippen LogP contribution in [0.25, 0.3) is 43.9 Å². The summed E-state index contributed by atoms with van der Waals surface area (Å²) in [6.07, 6.45) is 0. The summed E-state index contributed by atoms with van der Waals surface area (Å²) in [4.78, 5) is 0. The highest BCUT2D eigenvalue weighted by atomic mass is 14.9. The highest BCUT2D eigenvalue weighted by Crippen LogP contribution is 2.33. The number of hydrogen-bond acceptors (Lipinski definition) is 0. The Bertz CT molecular complexity index is 1420. The summed E-state index contributed by atoms with van der Waals surface area (Å²) in [5.74, 6) is 0. The van der Waals surface area contributed by atoms with Gasteiger partial charge in [-0.3, -0.25) is 0 Å². The molecule has 0 aliphatic carbocycles. The van der Waals surface area contributed by atoms with Crippen LogP contribution in [0.3, 0.4) is 0 Å². The average Bonchev–Trinajstić information content (AvgIpc) is 2.78. The molecule has 1 heteroatoms. The van der Waals surface area contributed by atoms with Crippen molar-refractivity contribution in [3.63, 3.8) is 0 Å². The smallest absolute Gasteiger partial charge is 0.198 e. The summed E-state index contributed by atoms with van der Waals surface area (Å²) in [5.41, 5.74) is 6.92. The molecule has 140 valence electrons. The van der Waals surface area contributed by atoms with E-state index in [0.29, 0.717) is 6.04 Å². The van der Waals surface area contributed by atoms with Gasteiger partial charge in [-0.25, -0.2) is 0 Å². The highest BCUT2D eigenvalue weighted by Gasteiger charge is 2.20. The van der Waals surface area contributed by atoms with Crippen molar-refractivity contribution in [2.45, 2.75) is 13.8 Å². The molecule has 1 aromatic heterocycles. The van der Waals surface area contributed by atoms with Crippen LogP contribution in [0.2, 0.25) is 0 Å². The Labute approximate surface area is 173 Å². The zero-order valence-electron chi connectivity index (χ0n) is 18.0. The molecule has 0 spiro atoms. The molecule has 5 aromatic rings. The fourth-order valence-corrected chi connectivity index (χ4v) is 4.23. The number of rotatable bonds is 2. The third kappa shape index (κ3) is 3.00. The minimum atomic E-state index is 0.590. The Hall–Kier alpha value is -3.45. The van der Waals surface area contributed by atoms with Gasteiger partial charge in [-0.05, 0) is 58.0 Å². The number of aryl methyl sites for hydroxylation is 1. The van der Waals surface area contributed by atoms with Crippen molar-refractivity contribution in [3.8, 4) is 22.4 Å². The minimum Gasteiger partial charge on any atom is -0.198 e. The lowest BCUT2D eigenvalue weighted by Gasteiger charge is -2.12. The van der Waals surface area contributed by atoms with E-state index in [1.54, 1.807) is 0 Å². The quantitative estimate of drug-likeness (QED) is 0.300. The van der Waals surface area contributed by atoms with Crippen LogP contribution in [0.1, 0.15) is 12.6 Å². The molecule has 0 radical (unpaired) electrons. The molecule has 29 heavy (non-hydrogen) atoms. The first-order valence-electron chi connectivity index (χ1n) is 10.5. The highest BCUT2D eigenvalue weighted by molar-refractivity contribution is 5.98. The molecule has 1 nitrogen and oxygen atoms in total. The standard InChI is InChI=1S/C28H24N/c1-19-15-22-11-7-8-12-23(22)18-27(19)28-26-14-13-24(21-9-5-4-6-10-21)17-25(26)16-20(2)29(28)3/h4-18H,1-3H3/q+1/i16D. The van der Waals surface area contributed by atoms with E-state index in [9.17, 15) is 0 Å². The van der Waals surface area contributed by atoms with Gasteiger partial charge in [-0.15, -0.1) is 0 Å². The van der Waals surface area contributed by atoms with E-state index < -0.39 is 0 Å². The molecule has 0 aliphatic rings. The predicted molar refractivity (Wildman–Crippen MR) is 123 cm³/mol. The Morgan fingerprint density at radius 2 is 1.38 bits per heavy atom. The van der Waals surface area contributed by atoms with Crippen LogP contribution in [0.4, 0.5) is 0 Å². The largest absolute Gasteiger partial charge is 0.220 e. The normalized spacial score (nSPS) is 11.8. The number of aromatic nitrogens is 1. The molecule has 0 saturated heterocycles. The van der Waals surface area contributed by atoms with Gasteiger partial charge in [0.05, 0.1) is 12.3 Å². The topological polar surface area (TPSA) is 3.88 Å². The summed E-state index contributed by atoms with van der Waals surface area (Å²) in [5, 5.41) is 4.60. The second-order valence-corrected chi connectivity index (χ2v) is 7.76. The number of benzene rings is 4. The first-order chi connectivity index (χ1) is 14.5. The average molecular weight is 376 g/mol. The minimum absolute atomic E-state index is 0.590. The molecule has 4 aromatic carbocycles. The van der Waals surface area contributed by atoms with Crippen molar-refractivity contribution in [3.05, 3.63) is 102 Å². The maximum atomic E-state index is 8.81. The third-order valence-electron chi connectivity index (χ3n) is 5.88. The van der Waals surface area contributed by atoms with Crippen molar-refractivity contribution in [1.29, 1.82) is 0 Å². The molecular weight excluding hydrogens is 350 g/mol. The zero-order valence-corrected chi connectivity index (χ0v) is 17.0. The molecule has 0 amide bonds. The van der Waals surface area contributed by atoms with Crippen molar-refractivity contribution in [2.24, 2.45) is 7.05 Å². The van der Waals surface area contributed by atoms with Gasteiger partial charge in [0.15, 0.2) is 5.69 Å². The Balaban J connectivity index is 1.84. The van der Waals surface area contributed by atoms with E-state index in [4.69, 9.17) is 1.37 Å². The van der Waals surface area contributed by atoms with Gasteiger partial charge in [0, 0.05) is 13.0 Å². The van der Waals surface area contributed by atoms with E-state index >= 15 is 0 Å². The van der Waals surface area contributed by atoms with Crippen LogP contribution in [-0.4, -0.2) is 0 Å². The van der Waals surface area contributed by atoms with Crippen molar-refractivity contribution < 1.29 is 5.94 Å². The second-order valence-electron chi connectivity index (χ2n) is 7.76. The summed E-state index contributed by atoms with van der Waals surface area (Å²) < 4.78 is 11.0. The van der Waals surface area contributed by atoms with Gasteiger partial charge in [-0.2, -0.15) is 4.57 Å².